The van der Waals surface area contributed by atoms with Crippen LogP contribution in [-0.4, -0.2) is 24.6 Å². The summed E-state index contributed by atoms with van der Waals surface area (Å²) in [5, 5.41) is 7.78. The van der Waals surface area contributed by atoms with Crippen molar-refractivity contribution in [3.05, 3.63) is 59.9 Å². The van der Waals surface area contributed by atoms with Crippen molar-refractivity contribution < 1.29 is 13.2 Å². The zero-order chi connectivity index (χ0) is 20.2. The van der Waals surface area contributed by atoms with E-state index in [1.807, 2.05) is 24.3 Å². The second kappa shape index (κ2) is 8.82. The average molecular weight is 399 g/mol. The number of hydrogen-bond donors (Lipinski definition) is 2. The lowest BCUT2D eigenvalue weighted by atomic mass is 9.95. The molecular weight excluding hydrogens is 375 g/mol. The van der Waals surface area contributed by atoms with Gasteiger partial charge in [-0.05, 0) is 62.9 Å². The molecule has 1 saturated heterocycles. The van der Waals surface area contributed by atoms with Crippen LogP contribution < -0.4 is 10.6 Å². The van der Waals surface area contributed by atoms with Crippen LogP contribution in [0.15, 0.2) is 42.5 Å². The standard InChI is InChI=1S/C23H24F3N3/c24-18-12-20(26)19(25)11-17(18)23-13-22(16-7-1-2-8-21(16)29-23)28-10-4-6-15-5-3-9-27-14-15/h1-2,7-8,11-13,15,27H,3-6,9-10,14H2,(H,28,29). The number of halogens is 3. The number of hydrogen-bond acceptors (Lipinski definition) is 3. The first kappa shape index (κ1) is 19.7. The Morgan fingerprint density at radius 3 is 2.69 bits per heavy atom. The highest BCUT2D eigenvalue weighted by molar-refractivity contribution is 5.93. The van der Waals surface area contributed by atoms with Gasteiger partial charge >= 0.3 is 0 Å². The molecular formula is C23H24F3N3. The predicted octanol–water partition coefficient (Wildman–Crippen LogP) is 5.51. The van der Waals surface area contributed by atoms with Crippen molar-refractivity contribution in [3.63, 3.8) is 0 Å². The van der Waals surface area contributed by atoms with Crippen LogP contribution in [0.25, 0.3) is 22.2 Å². The van der Waals surface area contributed by atoms with Crippen LogP contribution in [0, 0.1) is 23.4 Å². The monoisotopic (exact) mass is 399 g/mol. The fraction of sp³-hybridized carbons (Fsp3) is 0.348. The maximum absolute atomic E-state index is 14.3. The van der Waals surface area contributed by atoms with Crippen LogP contribution in [0.1, 0.15) is 25.7 Å². The van der Waals surface area contributed by atoms with Crippen LogP contribution in [0.4, 0.5) is 18.9 Å². The van der Waals surface area contributed by atoms with E-state index in [4.69, 9.17) is 0 Å². The Hall–Kier alpha value is -2.60. The van der Waals surface area contributed by atoms with Gasteiger partial charge in [-0.1, -0.05) is 18.2 Å². The van der Waals surface area contributed by atoms with E-state index >= 15 is 0 Å². The van der Waals surface area contributed by atoms with E-state index in [0.717, 1.165) is 49.6 Å². The summed E-state index contributed by atoms with van der Waals surface area (Å²) >= 11 is 0. The molecule has 6 heteroatoms. The van der Waals surface area contributed by atoms with Gasteiger partial charge in [-0.3, -0.25) is 0 Å². The number of fused-ring (bicyclic) bond motifs is 1. The Morgan fingerprint density at radius 2 is 1.86 bits per heavy atom. The minimum atomic E-state index is -1.21. The first-order valence-corrected chi connectivity index (χ1v) is 10.1. The molecule has 0 amide bonds. The molecule has 1 unspecified atom stereocenters. The first-order chi connectivity index (χ1) is 14.1. The van der Waals surface area contributed by atoms with Gasteiger partial charge in [0.25, 0.3) is 0 Å². The molecule has 2 N–H and O–H groups in total. The lowest BCUT2D eigenvalue weighted by Crippen LogP contribution is -2.29. The number of benzene rings is 2. The number of pyridine rings is 1. The number of anilines is 1. The number of nitrogens with one attached hydrogen (secondary N) is 2. The molecule has 4 rings (SSSR count). The molecule has 1 atom stereocenters. The molecule has 1 aliphatic heterocycles. The van der Waals surface area contributed by atoms with Crippen molar-refractivity contribution in [3.8, 4) is 11.3 Å². The Balaban J connectivity index is 1.57. The molecule has 0 bridgehead atoms. The Kier molecular flexibility index (Phi) is 6.00. The molecule has 3 nitrogen and oxygen atoms in total. The van der Waals surface area contributed by atoms with Gasteiger partial charge in [0, 0.05) is 29.2 Å². The molecule has 1 fully saturated rings. The third-order valence-electron chi connectivity index (χ3n) is 5.51. The quantitative estimate of drug-likeness (QED) is 0.424. The molecule has 0 spiro atoms. The molecule has 2 aromatic carbocycles. The van der Waals surface area contributed by atoms with Crippen molar-refractivity contribution >= 4 is 16.6 Å². The summed E-state index contributed by atoms with van der Waals surface area (Å²) in [6, 6.07) is 10.7. The average Bonchev–Trinajstić information content (AvgIpc) is 2.74. The zero-order valence-electron chi connectivity index (χ0n) is 16.1. The fourth-order valence-electron chi connectivity index (χ4n) is 3.96. The van der Waals surface area contributed by atoms with Crippen LogP contribution in [0.3, 0.4) is 0 Å². The highest BCUT2D eigenvalue weighted by Gasteiger charge is 2.15. The van der Waals surface area contributed by atoms with Gasteiger partial charge in [0.05, 0.1) is 11.2 Å². The highest BCUT2D eigenvalue weighted by Crippen LogP contribution is 2.31. The largest absolute Gasteiger partial charge is 0.384 e. The fourth-order valence-corrected chi connectivity index (χ4v) is 3.96. The molecule has 1 aliphatic rings. The third kappa shape index (κ3) is 4.53. The Morgan fingerprint density at radius 1 is 1.03 bits per heavy atom. The van der Waals surface area contributed by atoms with Crippen molar-refractivity contribution in [1.29, 1.82) is 0 Å². The first-order valence-electron chi connectivity index (χ1n) is 10.1. The van der Waals surface area contributed by atoms with E-state index < -0.39 is 17.5 Å². The number of para-hydroxylation sites is 1. The molecule has 0 radical (unpaired) electrons. The minimum Gasteiger partial charge on any atom is -0.384 e. The zero-order valence-corrected chi connectivity index (χ0v) is 16.1. The van der Waals surface area contributed by atoms with Crippen molar-refractivity contribution in [2.75, 3.05) is 25.0 Å². The van der Waals surface area contributed by atoms with E-state index in [1.165, 1.54) is 12.8 Å². The maximum Gasteiger partial charge on any atom is 0.161 e. The minimum absolute atomic E-state index is 0.0500. The van der Waals surface area contributed by atoms with Crippen LogP contribution in [0.2, 0.25) is 0 Å². The highest BCUT2D eigenvalue weighted by atomic mass is 19.2. The van der Waals surface area contributed by atoms with Crippen molar-refractivity contribution in [1.82, 2.24) is 10.3 Å². The number of nitrogens with zero attached hydrogens (tertiary/aromatic N) is 1. The van der Waals surface area contributed by atoms with E-state index in [9.17, 15) is 13.2 Å². The molecule has 0 saturated carbocycles. The van der Waals surface area contributed by atoms with Gasteiger partial charge in [-0.15, -0.1) is 0 Å². The SMILES string of the molecule is Fc1cc(F)c(-c2cc(NCCCC3CCCNC3)c3ccccc3n2)cc1F. The number of piperidine rings is 1. The van der Waals surface area contributed by atoms with Gasteiger partial charge in [0.2, 0.25) is 0 Å². The van der Waals surface area contributed by atoms with Crippen LogP contribution in [0.5, 0.6) is 0 Å². The van der Waals surface area contributed by atoms with Crippen molar-refractivity contribution in [2.24, 2.45) is 5.92 Å². The maximum atomic E-state index is 14.3. The third-order valence-corrected chi connectivity index (χ3v) is 5.51. The van der Waals surface area contributed by atoms with Gasteiger partial charge in [-0.2, -0.15) is 0 Å². The van der Waals surface area contributed by atoms with E-state index in [-0.39, 0.29) is 11.3 Å². The second-order valence-corrected chi connectivity index (χ2v) is 7.60. The number of aromatic nitrogens is 1. The Labute approximate surface area is 168 Å². The molecule has 152 valence electrons. The molecule has 2 heterocycles. The second-order valence-electron chi connectivity index (χ2n) is 7.60. The normalized spacial score (nSPS) is 16.9. The topological polar surface area (TPSA) is 37.0 Å². The van der Waals surface area contributed by atoms with Gasteiger partial charge in [0.15, 0.2) is 11.6 Å². The molecule has 0 aliphatic carbocycles. The van der Waals surface area contributed by atoms with E-state index in [0.29, 0.717) is 17.5 Å². The van der Waals surface area contributed by atoms with Gasteiger partial charge < -0.3 is 10.6 Å². The molecule has 3 aromatic rings. The summed E-state index contributed by atoms with van der Waals surface area (Å²) in [4.78, 5) is 4.46. The number of rotatable bonds is 6. The summed E-state index contributed by atoms with van der Waals surface area (Å²) in [6.45, 7) is 2.98. The lowest BCUT2D eigenvalue weighted by molar-refractivity contribution is 0.353. The summed E-state index contributed by atoms with van der Waals surface area (Å²) in [5.41, 5.74) is 1.72. The van der Waals surface area contributed by atoms with Crippen molar-refractivity contribution in [2.45, 2.75) is 25.7 Å². The lowest BCUT2D eigenvalue weighted by Gasteiger charge is -2.22. The van der Waals surface area contributed by atoms with Gasteiger partial charge in [-0.25, -0.2) is 18.2 Å². The molecule has 29 heavy (non-hydrogen) atoms. The summed E-state index contributed by atoms with van der Waals surface area (Å²) in [7, 11) is 0. The van der Waals surface area contributed by atoms with Crippen LogP contribution in [-0.2, 0) is 0 Å². The van der Waals surface area contributed by atoms with E-state index in [2.05, 4.69) is 15.6 Å². The van der Waals surface area contributed by atoms with Crippen LogP contribution >= 0.6 is 0 Å². The molecule has 1 aromatic heterocycles. The predicted molar refractivity (Wildman–Crippen MR) is 110 cm³/mol. The Bertz CT molecular complexity index is 1000. The smallest absolute Gasteiger partial charge is 0.161 e. The van der Waals surface area contributed by atoms with Gasteiger partial charge in [0.1, 0.15) is 5.82 Å². The summed E-state index contributed by atoms with van der Waals surface area (Å²) < 4.78 is 41.3. The van der Waals surface area contributed by atoms with E-state index in [1.54, 1.807) is 6.07 Å². The summed E-state index contributed by atoms with van der Waals surface area (Å²) in [5.74, 6) is -2.41. The summed E-state index contributed by atoms with van der Waals surface area (Å²) in [6.07, 6.45) is 4.67.